The number of rotatable bonds is 5. The van der Waals surface area contributed by atoms with Crippen LogP contribution in [0.15, 0.2) is 24.3 Å². The molecule has 5 N–H and O–H groups in total. The minimum Gasteiger partial charge on any atom is -0.366 e. The minimum absolute atomic E-state index is 0.280. The quantitative estimate of drug-likeness (QED) is 0.728. The number of benzene rings is 1. The van der Waals surface area contributed by atoms with Crippen molar-refractivity contribution < 1.29 is 9.59 Å². The Balaban J connectivity index is 2.79. The smallest absolute Gasteiger partial charge is 0.250 e. The van der Waals surface area contributed by atoms with Crippen molar-refractivity contribution in [3.05, 3.63) is 29.8 Å². The molecule has 1 aromatic rings. The van der Waals surface area contributed by atoms with Crippen LogP contribution in [0.4, 0.5) is 5.69 Å². The zero-order valence-electron chi connectivity index (χ0n) is 10.6. The molecule has 0 saturated heterocycles. The van der Waals surface area contributed by atoms with Crippen LogP contribution in [-0.2, 0) is 4.79 Å². The number of nitrogens with two attached hydrogens (primary N) is 2. The van der Waals surface area contributed by atoms with Crippen molar-refractivity contribution in [1.82, 2.24) is 0 Å². The second kappa shape index (κ2) is 6.16. The monoisotopic (exact) mass is 249 g/mol. The number of nitrogens with one attached hydrogen (secondary N) is 1. The maximum absolute atomic E-state index is 11.8. The molecule has 0 saturated carbocycles. The minimum atomic E-state index is -0.592. The third-order valence-corrected chi connectivity index (χ3v) is 2.51. The van der Waals surface area contributed by atoms with Crippen molar-refractivity contribution in [2.75, 3.05) is 5.32 Å². The van der Waals surface area contributed by atoms with Gasteiger partial charge in [-0.05, 0) is 24.5 Å². The molecule has 0 fully saturated rings. The summed E-state index contributed by atoms with van der Waals surface area (Å²) >= 11 is 0. The molecule has 0 bridgehead atoms. The Bertz CT molecular complexity index is 444. The number of carbonyl (C=O) groups excluding carboxylic acids is 2. The van der Waals surface area contributed by atoms with Gasteiger partial charge in [0.2, 0.25) is 5.91 Å². The van der Waals surface area contributed by atoms with Crippen LogP contribution in [-0.4, -0.2) is 17.9 Å². The van der Waals surface area contributed by atoms with Crippen molar-refractivity contribution in [2.45, 2.75) is 26.3 Å². The van der Waals surface area contributed by atoms with E-state index in [1.54, 1.807) is 24.3 Å². The van der Waals surface area contributed by atoms with Crippen LogP contribution in [0.2, 0.25) is 0 Å². The van der Waals surface area contributed by atoms with Crippen LogP contribution in [0.25, 0.3) is 0 Å². The van der Waals surface area contributed by atoms with E-state index in [1.165, 1.54) is 0 Å². The second-order valence-corrected chi connectivity index (χ2v) is 4.64. The summed E-state index contributed by atoms with van der Waals surface area (Å²) in [6.07, 6.45) is 0.588. The molecule has 0 spiro atoms. The predicted molar refractivity (Wildman–Crippen MR) is 71.0 cm³/mol. The van der Waals surface area contributed by atoms with Crippen LogP contribution in [0, 0.1) is 5.92 Å². The van der Waals surface area contributed by atoms with Crippen molar-refractivity contribution in [2.24, 2.45) is 17.4 Å². The molecular formula is C13H19N3O2. The van der Waals surface area contributed by atoms with Gasteiger partial charge in [0.15, 0.2) is 0 Å². The van der Waals surface area contributed by atoms with Gasteiger partial charge in [-0.3, -0.25) is 9.59 Å². The van der Waals surface area contributed by atoms with Crippen molar-refractivity contribution in [3.8, 4) is 0 Å². The summed E-state index contributed by atoms with van der Waals surface area (Å²) < 4.78 is 0. The number of anilines is 1. The van der Waals surface area contributed by atoms with Gasteiger partial charge in [-0.15, -0.1) is 0 Å². The van der Waals surface area contributed by atoms with Crippen LogP contribution in [0.1, 0.15) is 30.6 Å². The van der Waals surface area contributed by atoms with E-state index in [1.807, 2.05) is 13.8 Å². The Morgan fingerprint density at radius 2 is 1.89 bits per heavy atom. The molecule has 1 aromatic carbocycles. The molecule has 5 nitrogen and oxygen atoms in total. The van der Waals surface area contributed by atoms with Gasteiger partial charge in [-0.25, -0.2) is 0 Å². The average molecular weight is 249 g/mol. The third-order valence-electron chi connectivity index (χ3n) is 2.51. The van der Waals surface area contributed by atoms with Crippen LogP contribution < -0.4 is 16.8 Å². The standard InChI is InChI=1S/C13H19N3O2/c1-8(2)7-10(14)13(18)16-11-6-4-3-5-9(11)12(15)17/h3-6,8,10H,7,14H2,1-2H3,(H2,15,17)(H,16,18). The Morgan fingerprint density at radius 1 is 1.28 bits per heavy atom. The first-order valence-electron chi connectivity index (χ1n) is 5.87. The van der Waals surface area contributed by atoms with E-state index in [4.69, 9.17) is 11.5 Å². The van der Waals surface area contributed by atoms with E-state index in [0.29, 0.717) is 18.0 Å². The van der Waals surface area contributed by atoms with Crippen LogP contribution in [0.5, 0.6) is 0 Å². The summed E-state index contributed by atoms with van der Waals surface area (Å²) in [5, 5.41) is 2.63. The second-order valence-electron chi connectivity index (χ2n) is 4.64. The van der Waals surface area contributed by atoms with Gasteiger partial charge in [-0.1, -0.05) is 26.0 Å². The van der Waals surface area contributed by atoms with Gasteiger partial charge in [0.25, 0.3) is 5.91 Å². The van der Waals surface area contributed by atoms with Crippen molar-refractivity contribution in [3.63, 3.8) is 0 Å². The zero-order valence-corrected chi connectivity index (χ0v) is 10.6. The van der Waals surface area contributed by atoms with E-state index in [9.17, 15) is 9.59 Å². The first-order valence-corrected chi connectivity index (χ1v) is 5.87. The normalized spacial score (nSPS) is 12.2. The molecule has 1 atom stereocenters. The fraction of sp³-hybridized carbons (Fsp3) is 0.385. The lowest BCUT2D eigenvalue weighted by molar-refractivity contribution is -0.117. The predicted octanol–water partition coefficient (Wildman–Crippen LogP) is 1.10. The molecule has 1 rings (SSSR count). The lowest BCUT2D eigenvalue weighted by Gasteiger charge is -2.15. The first-order chi connectivity index (χ1) is 8.41. The summed E-state index contributed by atoms with van der Waals surface area (Å²) in [5.74, 6) is -0.558. The third kappa shape index (κ3) is 3.85. The molecule has 5 heteroatoms. The van der Waals surface area contributed by atoms with Gasteiger partial charge in [0.05, 0.1) is 17.3 Å². The number of primary amides is 1. The molecule has 18 heavy (non-hydrogen) atoms. The van der Waals surface area contributed by atoms with E-state index >= 15 is 0 Å². The number of hydrogen-bond acceptors (Lipinski definition) is 3. The summed E-state index contributed by atoms with van der Waals surface area (Å²) in [5.41, 5.74) is 11.7. The fourth-order valence-corrected chi connectivity index (χ4v) is 1.65. The molecule has 0 aromatic heterocycles. The molecule has 0 aliphatic heterocycles. The van der Waals surface area contributed by atoms with Crippen LogP contribution in [0.3, 0.4) is 0 Å². The molecule has 0 heterocycles. The SMILES string of the molecule is CC(C)CC(N)C(=O)Nc1ccccc1C(N)=O. The summed E-state index contributed by atoms with van der Waals surface area (Å²) in [6.45, 7) is 3.98. The van der Waals surface area contributed by atoms with E-state index in [0.717, 1.165) is 0 Å². The van der Waals surface area contributed by atoms with E-state index in [2.05, 4.69) is 5.32 Å². The molecule has 0 radical (unpaired) electrons. The van der Waals surface area contributed by atoms with Gasteiger partial charge in [0, 0.05) is 0 Å². The summed E-state index contributed by atoms with van der Waals surface area (Å²) in [4.78, 5) is 23.0. The molecule has 0 aliphatic rings. The van der Waals surface area contributed by atoms with Gasteiger partial charge >= 0.3 is 0 Å². The van der Waals surface area contributed by atoms with Gasteiger partial charge < -0.3 is 16.8 Å². The fourth-order valence-electron chi connectivity index (χ4n) is 1.65. The summed E-state index contributed by atoms with van der Waals surface area (Å²) in [7, 11) is 0. The Kier molecular flexibility index (Phi) is 4.85. The highest BCUT2D eigenvalue weighted by atomic mass is 16.2. The van der Waals surface area contributed by atoms with E-state index < -0.39 is 11.9 Å². The Labute approximate surface area is 107 Å². The number of hydrogen-bond donors (Lipinski definition) is 3. The molecule has 98 valence electrons. The Morgan fingerprint density at radius 3 is 2.44 bits per heavy atom. The van der Waals surface area contributed by atoms with Crippen molar-refractivity contribution >= 4 is 17.5 Å². The molecule has 0 aliphatic carbocycles. The van der Waals surface area contributed by atoms with Gasteiger partial charge in [-0.2, -0.15) is 0 Å². The molecular weight excluding hydrogens is 230 g/mol. The van der Waals surface area contributed by atoms with Crippen molar-refractivity contribution in [1.29, 1.82) is 0 Å². The number of para-hydroxylation sites is 1. The number of carbonyl (C=O) groups is 2. The first kappa shape index (κ1) is 14.2. The molecule has 1 unspecified atom stereocenters. The lowest BCUT2D eigenvalue weighted by Crippen LogP contribution is -2.37. The highest BCUT2D eigenvalue weighted by Gasteiger charge is 2.17. The average Bonchev–Trinajstić information content (AvgIpc) is 2.28. The van der Waals surface area contributed by atoms with Gasteiger partial charge in [0.1, 0.15) is 0 Å². The van der Waals surface area contributed by atoms with E-state index in [-0.39, 0.29) is 11.5 Å². The van der Waals surface area contributed by atoms with Crippen LogP contribution >= 0.6 is 0 Å². The Hall–Kier alpha value is -1.88. The maximum atomic E-state index is 11.8. The topological polar surface area (TPSA) is 98.2 Å². The molecule has 2 amide bonds. The largest absolute Gasteiger partial charge is 0.366 e. The number of amides is 2. The maximum Gasteiger partial charge on any atom is 0.250 e. The lowest BCUT2D eigenvalue weighted by atomic mass is 10.0. The highest BCUT2D eigenvalue weighted by molar-refractivity contribution is 6.04. The zero-order chi connectivity index (χ0) is 13.7. The highest BCUT2D eigenvalue weighted by Crippen LogP contribution is 2.15. The summed E-state index contributed by atoms with van der Waals surface area (Å²) in [6, 6.07) is 6.00.